The lowest BCUT2D eigenvalue weighted by Crippen LogP contribution is -2.46. The zero-order valence-corrected chi connectivity index (χ0v) is 18.2. The molecular weight excluding hydrogens is 429 g/mol. The van der Waals surface area contributed by atoms with E-state index in [1.54, 1.807) is 12.1 Å². The molecule has 0 aliphatic carbocycles. The van der Waals surface area contributed by atoms with Gasteiger partial charge in [0.15, 0.2) is 11.5 Å². The summed E-state index contributed by atoms with van der Waals surface area (Å²) in [7, 11) is 2.07. The van der Waals surface area contributed by atoms with Crippen LogP contribution in [0.4, 0.5) is 10.1 Å². The summed E-state index contributed by atoms with van der Waals surface area (Å²) < 4.78 is 19.5. The molecule has 0 bridgehead atoms. The van der Waals surface area contributed by atoms with Crippen molar-refractivity contribution in [1.29, 1.82) is 0 Å². The number of nitro groups is 1. The number of aromatic nitrogens is 1. The molecule has 4 rings (SSSR count). The number of likely N-dealkylation sites (N-methyl/N-ethyl adjacent to an activating group) is 1. The van der Waals surface area contributed by atoms with E-state index in [0.29, 0.717) is 18.7 Å². The summed E-state index contributed by atoms with van der Waals surface area (Å²) in [6, 6.07) is 11.6. The van der Waals surface area contributed by atoms with Gasteiger partial charge >= 0.3 is 0 Å². The molecule has 0 atom stereocenters. The molecule has 9 nitrogen and oxygen atoms in total. The maximum Gasteiger partial charge on any atom is 0.280 e. The number of nitrogens with zero attached hydrogens (tertiary/aromatic N) is 4. The van der Waals surface area contributed by atoms with Gasteiger partial charge in [-0.2, -0.15) is 0 Å². The predicted molar refractivity (Wildman–Crippen MR) is 120 cm³/mol. The van der Waals surface area contributed by atoms with Crippen LogP contribution in [0.25, 0.3) is 22.8 Å². The summed E-state index contributed by atoms with van der Waals surface area (Å²) in [5.41, 5.74) is 0.154. The number of para-hydroxylation sites is 1. The first-order valence-electron chi connectivity index (χ1n) is 10.6. The van der Waals surface area contributed by atoms with E-state index in [4.69, 9.17) is 4.42 Å². The van der Waals surface area contributed by atoms with E-state index in [1.807, 2.05) is 0 Å². The number of hydrogen-bond acceptors (Lipinski definition) is 7. The molecular formula is C23H24FN5O4. The van der Waals surface area contributed by atoms with Crippen molar-refractivity contribution in [2.75, 3.05) is 46.3 Å². The third-order valence-electron chi connectivity index (χ3n) is 5.57. The van der Waals surface area contributed by atoms with Crippen molar-refractivity contribution in [3.05, 3.63) is 70.2 Å². The van der Waals surface area contributed by atoms with Crippen LogP contribution in [-0.2, 0) is 0 Å². The van der Waals surface area contributed by atoms with E-state index in [0.717, 1.165) is 26.2 Å². The van der Waals surface area contributed by atoms with Gasteiger partial charge in [-0.15, -0.1) is 0 Å². The van der Waals surface area contributed by atoms with Gasteiger partial charge < -0.3 is 14.6 Å². The van der Waals surface area contributed by atoms with Gasteiger partial charge in [0.2, 0.25) is 5.89 Å². The van der Waals surface area contributed by atoms with Crippen LogP contribution in [0, 0.1) is 15.9 Å². The number of halogens is 1. The number of nitro benzene ring substituents is 1. The second kappa shape index (κ2) is 9.88. The van der Waals surface area contributed by atoms with E-state index < -0.39 is 16.6 Å². The van der Waals surface area contributed by atoms with Gasteiger partial charge in [0.05, 0.1) is 10.5 Å². The molecule has 1 fully saturated rings. The molecule has 0 radical (unpaired) electrons. The minimum atomic E-state index is -0.547. The van der Waals surface area contributed by atoms with Crippen LogP contribution in [0.2, 0.25) is 0 Å². The number of amides is 1. The standard InChI is InChI=1S/C23H24FN5O4/c1-27-11-13-28(14-12-27)10-9-25-22(30)20-21(18-7-2-3-8-19(18)29(31)32)33-23(26-20)16-5-4-6-17(24)15-16/h2-8,15H,9-14H2,1H3,(H,25,30). The van der Waals surface area contributed by atoms with E-state index in [1.165, 1.54) is 36.4 Å². The monoisotopic (exact) mass is 453 g/mol. The van der Waals surface area contributed by atoms with Crippen LogP contribution >= 0.6 is 0 Å². The fourth-order valence-electron chi connectivity index (χ4n) is 3.71. The molecule has 172 valence electrons. The molecule has 2 heterocycles. The van der Waals surface area contributed by atoms with Crippen molar-refractivity contribution in [3.8, 4) is 22.8 Å². The van der Waals surface area contributed by atoms with Gasteiger partial charge in [0, 0.05) is 50.9 Å². The Balaban J connectivity index is 1.61. The summed E-state index contributed by atoms with van der Waals surface area (Å²) in [4.78, 5) is 32.8. The van der Waals surface area contributed by atoms with Crippen LogP contribution in [0.3, 0.4) is 0 Å². The maximum atomic E-state index is 13.7. The topological polar surface area (TPSA) is 105 Å². The normalized spacial score (nSPS) is 14.8. The Labute approximate surface area is 190 Å². The third-order valence-corrected chi connectivity index (χ3v) is 5.57. The number of hydrogen-bond donors (Lipinski definition) is 1. The van der Waals surface area contributed by atoms with Gasteiger partial charge in [-0.3, -0.25) is 19.8 Å². The number of nitrogens with one attached hydrogen (secondary N) is 1. The Morgan fingerprint density at radius 2 is 1.94 bits per heavy atom. The lowest BCUT2D eigenvalue weighted by molar-refractivity contribution is -0.384. The smallest absolute Gasteiger partial charge is 0.280 e. The molecule has 1 saturated heterocycles. The van der Waals surface area contributed by atoms with Crippen molar-refractivity contribution in [3.63, 3.8) is 0 Å². The summed E-state index contributed by atoms with van der Waals surface area (Å²) in [5.74, 6) is -1.02. The molecule has 0 spiro atoms. The minimum Gasteiger partial charge on any atom is -0.435 e. The molecule has 1 aliphatic rings. The predicted octanol–water partition coefficient (Wildman–Crippen LogP) is 3.03. The Morgan fingerprint density at radius 1 is 1.18 bits per heavy atom. The second-order valence-corrected chi connectivity index (χ2v) is 7.88. The van der Waals surface area contributed by atoms with E-state index in [9.17, 15) is 19.3 Å². The van der Waals surface area contributed by atoms with Gasteiger partial charge in [-0.05, 0) is 31.3 Å². The number of piperazine rings is 1. The average Bonchev–Trinajstić information content (AvgIpc) is 3.26. The molecule has 3 aromatic rings. The molecule has 33 heavy (non-hydrogen) atoms. The zero-order valence-electron chi connectivity index (χ0n) is 18.2. The van der Waals surface area contributed by atoms with Crippen LogP contribution in [0.15, 0.2) is 52.9 Å². The van der Waals surface area contributed by atoms with Crippen LogP contribution < -0.4 is 5.32 Å². The number of carbonyl (C=O) groups is 1. The van der Waals surface area contributed by atoms with E-state index in [-0.39, 0.29) is 28.6 Å². The first-order chi connectivity index (χ1) is 15.9. The molecule has 1 aromatic heterocycles. The first kappa shape index (κ1) is 22.6. The zero-order chi connectivity index (χ0) is 23.4. The van der Waals surface area contributed by atoms with Crippen LogP contribution in [0.5, 0.6) is 0 Å². The largest absolute Gasteiger partial charge is 0.435 e. The molecule has 1 aliphatic heterocycles. The molecule has 10 heteroatoms. The second-order valence-electron chi connectivity index (χ2n) is 7.88. The molecule has 1 N–H and O–H groups in total. The third kappa shape index (κ3) is 5.24. The van der Waals surface area contributed by atoms with E-state index in [2.05, 4.69) is 27.1 Å². The number of carbonyl (C=O) groups excluding carboxylic acids is 1. The highest BCUT2D eigenvalue weighted by atomic mass is 19.1. The fourth-order valence-corrected chi connectivity index (χ4v) is 3.71. The lowest BCUT2D eigenvalue weighted by Gasteiger charge is -2.32. The van der Waals surface area contributed by atoms with Gasteiger partial charge in [-0.25, -0.2) is 9.37 Å². The van der Waals surface area contributed by atoms with Gasteiger partial charge in [0.25, 0.3) is 11.6 Å². The highest BCUT2D eigenvalue weighted by Crippen LogP contribution is 2.35. The van der Waals surface area contributed by atoms with Gasteiger partial charge in [-0.1, -0.05) is 18.2 Å². The van der Waals surface area contributed by atoms with Crippen molar-refractivity contribution in [2.45, 2.75) is 0 Å². The van der Waals surface area contributed by atoms with Crippen LogP contribution in [-0.4, -0.2) is 71.9 Å². The Kier molecular flexibility index (Phi) is 6.76. The first-order valence-corrected chi connectivity index (χ1v) is 10.6. The number of oxazole rings is 1. The minimum absolute atomic E-state index is 0.00636. The number of rotatable bonds is 7. The number of benzene rings is 2. The van der Waals surface area contributed by atoms with Crippen LogP contribution in [0.1, 0.15) is 10.5 Å². The van der Waals surface area contributed by atoms with Crippen molar-refractivity contribution in [2.24, 2.45) is 0 Å². The van der Waals surface area contributed by atoms with Crippen molar-refractivity contribution < 1.29 is 18.5 Å². The van der Waals surface area contributed by atoms with Gasteiger partial charge in [0.1, 0.15) is 5.82 Å². The molecule has 0 saturated carbocycles. The average molecular weight is 453 g/mol. The summed E-state index contributed by atoms with van der Waals surface area (Å²) >= 11 is 0. The Hall–Kier alpha value is -3.63. The van der Waals surface area contributed by atoms with E-state index >= 15 is 0 Å². The lowest BCUT2D eigenvalue weighted by atomic mass is 10.1. The van der Waals surface area contributed by atoms with Crippen molar-refractivity contribution >= 4 is 11.6 Å². The summed E-state index contributed by atoms with van der Waals surface area (Å²) in [5, 5.41) is 14.4. The molecule has 2 aromatic carbocycles. The maximum absolute atomic E-state index is 13.7. The SMILES string of the molecule is CN1CCN(CCNC(=O)c2nc(-c3cccc(F)c3)oc2-c2ccccc2[N+](=O)[O-])CC1. The highest BCUT2D eigenvalue weighted by molar-refractivity contribution is 5.99. The summed E-state index contributed by atoms with van der Waals surface area (Å²) in [6.45, 7) is 4.84. The summed E-state index contributed by atoms with van der Waals surface area (Å²) in [6.07, 6.45) is 0. The molecule has 1 amide bonds. The highest BCUT2D eigenvalue weighted by Gasteiger charge is 2.27. The molecule has 0 unspecified atom stereocenters. The fraction of sp³-hybridized carbons (Fsp3) is 0.304. The quantitative estimate of drug-likeness (QED) is 0.433. The van der Waals surface area contributed by atoms with Crippen molar-refractivity contribution in [1.82, 2.24) is 20.1 Å². The Bertz CT molecular complexity index is 1160. The Morgan fingerprint density at radius 3 is 2.67 bits per heavy atom.